The summed E-state index contributed by atoms with van der Waals surface area (Å²) in [6.45, 7) is 2.58. The normalized spacial score (nSPS) is 18.9. The summed E-state index contributed by atoms with van der Waals surface area (Å²) in [5.74, 6) is 0.737. The van der Waals surface area contributed by atoms with Crippen LogP contribution in [0.15, 0.2) is 47.5 Å². The van der Waals surface area contributed by atoms with Crippen LogP contribution in [0.25, 0.3) is 0 Å². The molecule has 1 aromatic carbocycles. The number of hydrogen-bond donors (Lipinski definition) is 2. The fourth-order valence-corrected chi connectivity index (χ4v) is 4.11. The topological polar surface area (TPSA) is 105 Å². The Hall–Kier alpha value is -2.71. The van der Waals surface area contributed by atoms with Crippen molar-refractivity contribution in [3.8, 4) is 0 Å². The zero-order valence-electron chi connectivity index (χ0n) is 17.1. The summed E-state index contributed by atoms with van der Waals surface area (Å²) in [4.78, 5) is 33.1. The van der Waals surface area contributed by atoms with Gasteiger partial charge >= 0.3 is 0 Å². The number of carbonyl (C=O) groups excluding carboxylic acids is 1. The van der Waals surface area contributed by atoms with E-state index in [4.69, 9.17) is 5.73 Å². The highest BCUT2D eigenvalue weighted by atomic mass is 16.3. The number of likely N-dealkylation sites (tertiary alicyclic amines) is 1. The Morgan fingerprint density at radius 3 is 2.53 bits per heavy atom. The Morgan fingerprint density at radius 2 is 1.90 bits per heavy atom. The van der Waals surface area contributed by atoms with Crippen LogP contribution < -0.4 is 16.2 Å². The number of piperidine rings is 1. The Labute approximate surface area is 175 Å². The molecule has 1 amide bonds. The molecule has 0 bridgehead atoms. The highest BCUT2D eigenvalue weighted by molar-refractivity contribution is 5.76. The molecule has 160 valence electrons. The van der Waals surface area contributed by atoms with Crippen molar-refractivity contribution in [3.05, 3.63) is 58.6 Å². The molecule has 2 aliphatic rings. The average molecular weight is 412 g/mol. The van der Waals surface area contributed by atoms with Gasteiger partial charge in [-0.1, -0.05) is 30.3 Å². The van der Waals surface area contributed by atoms with Gasteiger partial charge in [-0.2, -0.15) is 0 Å². The van der Waals surface area contributed by atoms with Crippen LogP contribution in [0.1, 0.15) is 24.8 Å². The molecular weight excluding hydrogens is 382 g/mol. The number of anilines is 1. The molecule has 0 atom stereocenters. The first-order valence-electron chi connectivity index (χ1n) is 10.5. The van der Waals surface area contributed by atoms with Crippen LogP contribution >= 0.6 is 0 Å². The number of aliphatic hydroxyl groups is 1. The number of aromatic nitrogens is 2. The molecule has 0 radical (unpaired) electrons. The molecule has 2 aromatic rings. The van der Waals surface area contributed by atoms with Gasteiger partial charge in [-0.05, 0) is 24.8 Å². The van der Waals surface area contributed by atoms with Crippen LogP contribution in [0.2, 0.25) is 0 Å². The van der Waals surface area contributed by atoms with Gasteiger partial charge in [-0.15, -0.1) is 0 Å². The quantitative estimate of drug-likeness (QED) is 0.712. The van der Waals surface area contributed by atoms with Crippen molar-refractivity contribution in [2.45, 2.75) is 43.9 Å². The van der Waals surface area contributed by atoms with Crippen LogP contribution in [0, 0.1) is 0 Å². The van der Waals surface area contributed by atoms with Gasteiger partial charge in [-0.25, -0.2) is 4.98 Å². The summed E-state index contributed by atoms with van der Waals surface area (Å²) >= 11 is 0. The van der Waals surface area contributed by atoms with Gasteiger partial charge in [0.25, 0.3) is 5.56 Å². The van der Waals surface area contributed by atoms with E-state index in [1.54, 1.807) is 0 Å². The summed E-state index contributed by atoms with van der Waals surface area (Å²) in [6, 6.07) is 11.6. The maximum absolute atomic E-state index is 12.5. The van der Waals surface area contributed by atoms with Crippen LogP contribution in [0.4, 0.5) is 5.82 Å². The Bertz CT molecular complexity index is 931. The third-order valence-corrected chi connectivity index (χ3v) is 6.08. The number of rotatable bonds is 6. The van der Waals surface area contributed by atoms with Crippen LogP contribution in [0.5, 0.6) is 0 Å². The van der Waals surface area contributed by atoms with E-state index in [9.17, 15) is 14.7 Å². The molecule has 0 spiro atoms. The van der Waals surface area contributed by atoms with E-state index >= 15 is 0 Å². The van der Waals surface area contributed by atoms with E-state index in [1.165, 1.54) is 17.0 Å². The van der Waals surface area contributed by atoms with Crippen molar-refractivity contribution in [1.82, 2.24) is 14.5 Å². The van der Waals surface area contributed by atoms with Gasteiger partial charge < -0.3 is 20.6 Å². The number of carbonyl (C=O) groups is 1. The van der Waals surface area contributed by atoms with E-state index in [2.05, 4.69) is 4.98 Å². The summed E-state index contributed by atoms with van der Waals surface area (Å²) in [6.07, 6.45) is 3.57. The molecule has 0 aliphatic carbocycles. The molecular formula is C22H29N5O3. The van der Waals surface area contributed by atoms with Crippen molar-refractivity contribution in [2.75, 3.05) is 31.1 Å². The Balaban J connectivity index is 1.29. The lowest BCUT2D eigenvalue weighted by Gasteiger charge is -2.39. The summed E-state index contributed by atoms with van der Waals surface area (Å²) < 4.78 is 1.45. The molecule has 0 unspecified atom stereocenters. The van der Waals surface area contributed by atoms with Crippen molar-refractivity contribution < 1.29 is 9.90 Å². The molecule has 0 saturated carbocycles. The molecule has 3 N–H and O–H groups in total. The molecule has 1 aromatic heterocycles. The third kappa shape index (κ3) is 4.71. The second-order valence-corrected chi connectivity index (χ2v) is 8.47. The zero-order valence-corrected chi connectivity index (χ0v) is 17.1. The number of benzene rings is 1. The van der Waals surface area contributed by atoms with Crippen molar-refractivity contribution in [1.29, 1.82) is 0 Å². The van der Waals surface area contributed by atoms with Gasteiger partial charge in [-0.3, -0.25) is 14.2 Å². The maximum Gasteiger partial charge on any atom is 0.255 e. The van der Waals surface area contributed by atoms with Crippen molar-refractivity contribution in [3.63, 3.8) is 0 Å². The number of nitrogens with zero attached hydrogens (tertiary/aromatic N) is 4. The van der Waals surface area contributed by atoms with E-state index < -0.39 is 5.60 Å². The van der Waals surface area contributed by atoms with E-state index in [0.717, 1.165) is 12.0 Å². The fraction of sp³-hybridized carbons (Fsp3) is 0.500. The summed E-state index contributed by atoms with van der Waals surface area (Å²) in [7, 11) is 0. The highest BCUT2D eigenvalue weighted by Gasteiger charge is 2.34. The van der Waals surface area contributed by atoms with Crippen molar-refractivity contribution in [2.24, 2.45) is 5.73 Å². The minimum Gasteiger partial charge on any atom is -0.388 e. The minimum atomic E-state index is -1.01. The lowest BCUT2D eigenvalue weighted by molar-refractivity contribution is -0.135. The first kappa shape index (κ1) is 20.6. The molecule has 4 rings (SSSR count). The smallest absolute Gasteiger partial charge is 0.255 e. The van der Waals surface area contributed by atoms with Gasteiger partial charge in [0.15, 0.2) is 0 Å². The highest BCUT2D eigenvalue weighted by Crippen LogP contribution is 2.24. The molecule has 3 heterocycles. The molecule has 2 saturated heterocycles. The van der Waals surface area contributed by atoms with Gasteiger partial charge in [0.2, 0.25) is 5.91 Å². The van der Waals surface area contributed by atoms with Crippen LogP contribution in [-0.4, -0.2) is 63.3 Å². The van der Waals surface area contributed by atoms with Gasteiger partial charge in [0.05, 0.1) is 18.5 Å². The largest absolute Gasteiger partial charge is 0.388 e. The van der Waals surface area contributed by atoms with Gasteiger partial charge in [0, 0.05) is 44.7 Å². The minimum absolute atomic E-state index is 0.108. The average Bonchev–Trinajstić information content (AvgIpc) is 2.72. The Morgan fingerprint density at radius 1 is 1.20 bits per heavy atom. The van der Waals surface area contributed by atoms with E-state index in [1.807, 2.05) is 40.1 Å². The lowest BCUT2D eigenvalue weighted by atomic mass is 9.91. The third-order valence-electron chi connectivity index (χ3n) is 6.08. The monoisotopic (exact) mass is 411 g/mol. The van der Waals surface area contributed by atoms with Gasteiger partial charge in [0.1, 0.15) is 5.82 Å². The Kier molecular flexibility index (Phi) is 5.87. The number of amides is 1. The van der Waals surface area contributed by atoms with Crippen molar-refractivity contribution >= 4 is 11.7 Å². The SMILES string of the molecule is NC1CN(c2cc(=O)n(CC3(O)CCN(C(=O)CCc4ccccc4)CC3)cn2)C1. The lowest BCUT2D eigenvalue weighted by Crippen LogP contribution is -2.56. The summed E-state index contributed by atoms with van der Waals surface area (Å²) in [5, 5.41) is 11.0. The van der Waals surface area contributed by atoms with Crippen LogP contribution in [0.3, 0.4) is 0 Å². The predicted octanol–water partition coefficient (Wildman–Crippen LogP) is 0.377. The number of aryl methyl sites for hydroxylation is 1. The molecule has 8 heteroatoms. The van der Waals surface area contributed by atoms with E-state index in [0.29, 0.717) is 51.3 Å². The second kappa shape index (κ2) is 8.57. The number of hydrogen-bond acceptors (Lipinski definition) is 6. The first-order valence-corrected chi connectivity index (χ1v) is 10.5. The molecule has 2 aliphatic heterocycles. The summed E-state index contributed by atoms with van der Waals surface area (Å²) in [5.41, 5.74) is 5.73. The molecule has 30 heavy (non-hydrogen) atoms. The first-order chi connectivity index (χ1) is 14.4. The molecule has 8 nitrogen and oxygen atoms in total. The molecule has 2 fully saturated rings. The second-order valence-electron chi connectivity index (χ2n) is 8.47. The fourth-order valence-electron chi connectivity index (χ4n) is 4.11. The predicted molar refractivity (Wildman–Crippen MR) is 114 cm³/mol. The standard InChI is InChI=1S/C22H29N5O3/c23-18-13-26(14-18)19-12-21(29)27(16-24-19)15-22(30)8-10-25(11-9-22)20(28)7-6-17-4-2-1-3-5-17/h1-5,12,16,18,30H,6-11,13-15,23H2. The number of nitrogens with two attached hydrogens (primary N) is 1. The van der Waals surface area contributed by atoms with Crippen LogP contribution in [-0.2, 0) is 17.8 Å². The zero-order chi connectivity index (χ0) is 21.1. The maximum atomic E-state index is 12.5. The van der Waals surface area contributed by atoms with E-state index in [-0.39, 0.29) is 24.1 Å².